The van der Waals surface area contributed by atoms with Crippen LogP contribution in [0.25, 0.3) is 0 Å². The van der Waals surface area contributed by atoms with E-state index >= 15 is 0 Å². The van der Waals surface area contributed by atoms with Gasteiger partial charge in [-0.1, -0.05) is 27.7 Å². The van der Waals surface area contributed by atoms with Crippen LogP contribution in [0.15, 0.2) is 0 Å². The lowest BCUT2D eigenvalue weighted by molar-refractivity contribution is -0.0617. The largest absolute Gasteiger partial charge is 0.375 e. The number of hydrogen-bond acceptors (Lipinski definition) is 1. The lowest BCUT2D eigenvalue weighted by Crippen LogP contribution is -2.29. The Kier molecular flexibility index (Phi) is 5.56. The maximum Gasteiger partial charge on any atom is 0.0581 e. The molecule has 1 heterocycles. The van der Waals surface area contributed by atoms with Crippen LogP contribution in [0.5, 0.6) is 0 Å². The quantitative estimate of drug-likeness (QED) is 0.618. The topological polar surface area (TPSA) is 9.23 Å². The summed E-state index contributed by atoms with van der Waals surface area (Å²) in [7, 11) is 0. The van der Waals surface area contributed by atoms with Gasteiger partial charge in [0.05, 0.1) is 12.2 Å². The molecule has 3 unspecified atom stereocenters. The number of rotatable bonds is 2. The molecule has 0 bridgehead atoms. The van der Waals surface area contributed by atoms with Crippen LogP contribution in [0.4, 0.5) is 0 Å². The van der Waals surface area contributed by atoms with Crippen molar-refractivity contribution in [2.24, 2.45) is 5.92 Å². The van der Waals surface area contributed by atoms with Crippen molar-refractivity contribution in [3.05, 3.63) is 0 Å². The summed E-state index contributed by atoms with van der Waals surface area (Å²) < 4.78 is 5.80. The van der Waals surface area contributed by atoms with Crippen molar-refractivity contribution in [3.8, 4) is 0 Å². The second-order valence-corrected chi connectivity index (χ2v) is 3.93. The van der Waals surface area contributed by atoms with Gasteiger partial charge in [0.1, 0.15) is 0 Å². The smallest absolute Gasteiger partial charge is 0.0581 e. The molecule has 0 aliphatic carbocycles. The maximum absolute atomic E-state index is 5.80. The van der Waals surface area contributed by atoms with Gasteiger partial charge < -0.3 is 4.74 Å². The summed E-state index contributed by atoms with van der Waals surface area (Å²) in [4.78, 5) is 0. The molecule has 0 aromatic carbocycles. The monoisotopic (exact) mass is 172 g/mol. The zero-order valence-corrected chi connectivity index (χ0v) is 7.97. The Bertz CT molecular complexity index is 102. The summed E-state index contributed by atoms with van der Waals surface area (Å²) in [6.07, 6.45) is 6.08. The van der Waals surface area contributed by atoms with E-state index in [2.05, 4.69) is 20.8 Å². The predicted octanol–water partition coefficient (Wildman–Crippen LogP) is 3.63. The van der Waals surface area contributed by atoms with Crippen LogP contribution in [-0.4, -0.2) is 12.2 Å². The summed E-state index contributed by atoms with van der Waals surface area (Å²) >= 11 is 0. The van der Waals surface area contributed by atoms with E-state index in [1.807, 2.05) is 0 Å². The fraction of sp³-hybridized carbons (Fsp3) is 1.00. The fourth-order valence-corrected chi connectivity index (χ4v) is 2.06. The summed E-state index contributed by atoms with van der Waals surface area (Å²) in [5, 5.41) is 0. The molecule has 12 heavy (non-hydrogen) atoms. The Balaban J connectivity index is 0.00000121. The fourth-order valence-electron chi connectivity index (χ4n) is 2.06. The lowest BCUT2D eigenvalue weighted by Gasteiger charge is -2.31. The highest BCUT2D eigenvalue weighted by Gasteiger charge is 2.23. The van der Waals surface area contributed by atoms with Gasteiger partial charge in [-0.15, -0.1) is 0 Å². The first kappa shape index (κ1) is 12.0. The molecule has 3 atom stereocenters. The van der Waals surface area contributed by atoms with Crippen LogP contribution in [0.3, 0.4) is 0 Å². The Morgan fingerprint density at radius 2 is 1.92 bits per heavy atom. The van der Waals surface area contributed by atoms with Crippen molar-refractivity contribution in [3.63, 3.8) is 0 Å². The molecule has 1 fully saturated rings. The predicted molar refractivity (Wildman–Crippen MR) is 54.4 cm³/mol. The molecule has 1 heteroatoms. The van der Waals surface area contributed by atoms with Gasteiger partial charge in [0.25, 0.3) is 0 Å². The van der Waals surface area contributed by atoms with E-state index in [0.717, 1.165) is 5.92 Å². The minimum absolute atomic E-state index is 0. The Labute approximate surface area is 77.5 Å². The number of ether oxygens (including phenoxy) is 1. The first-order valence-corrected chi connectivity index (χ1v) is 4.87. The SMILES string of the molecule is C.CCCC1CC(C)CC(C)O1. The van der Waals surface area contributed by atoms with Crippen LogP contribution in [0, 0.1) is 5.92 Å². The molecule has 1 aliphatic rings. The summed E-state index contributed by atoms with van der Waals surface area (Å²) in [6, 6.07) is 0. The van der Waals surface area contributed by atoms with E-state index in [1.54, 1.807) is 0 Å². The van der Waals surface area contributed by atoms with Crippen molar-refractivity contribution >= 4 is 0 Å². The van der Waals surface area contributed by atoms with Gasteiger partial charge in [-0.05, 0) is 32.1 Å². The maximum atomic E-state index is 5.80. The van der Waals surface area contributed by atoms with Crippen LogP contribution in [0.1, 0.15) is 53.9 Å². The first-order valence-electron chi connectivity index (χ1n) is 4.87. The Hall–Kier alpha value is -0.0400. The van der Waals surface area contributed by atoms with E-state index in [9.17, 15) is 0 Å². The normalized spacial score (nSPS) is 35.8. The summed E-state index contributed by atoms with van der Waals surface area (Å²) in [6.45, 7) is 6.76. The highest BCUT2D eigenvalue weighted by atomic mass is 16.5. The molecule has 1 saturated heterocycles. The van der Waals surface area contributed by atoms with Gasteiger partial charge in [-0.2, -0.15) is 0 Å². The van der Waals surface area contributed by atoms with Crippen molar-refractivity contribution < 1.29 is 4.74 Å². The van der Waals surface area contributed by atoms with Crippen molar-refractivity contribution in [2.75, 3.05) is 0 Å². The third-order valence-corrected chi connectivity index (χ3v) is 2.43. The lowest BCUT2D eigenvalue weighted by atomic mass is 9.92. The van der Waals surface area contributed by atoms with Gasteiger partial charge in [0.15, 0.2) is 0 Å². The second-order valence-electron chi connectivity index (χ2n) is 3.93. The Morgan fingerprint density at radius 3 is 2.42 bits per heavy atom. The second kappa shape index (κ2) is 5.58. The molecule has 74 valence electrons. The Morgan fingerprint density at radius 1 is 1.25 bits per heavy atom. The molecule has 0 aromatic rings. The zero-order valence-electron chi connectivity index (χ0n) is 7.97. The van der Waals surface area contributed by atoms with Crippen LogP contribution >= 0.6 is 0 Å². The standard InChI is InChI=1S/C10H20O.CH4/c1-4-5-10-7-8(2)6-9(3)11-10;/h8-10H,4-7H2,1-3H3;1H4. The minimum Gasteiger partial charge on any atom is -0.375 e. The van der Waals surface area contributed by atoms with Crippen molar-refractivity contribution in [1.82, 2.24) is 0 Å². The molecule has 0 saturated carbocycles. The van der Waals surface area contributed by atoms with Crippen LogP contribution in [-0.2, 0) is 4.74 Å². The van der Waals surface area contributed by atoms with Gasteiger partial charge in [-0.3, -0.25) is 0 Å². The zero-order chi connectivity index (χ0) is 8.27. The molecule has 0 N–H and O–H groups in total. The highest BCUT2D eigenvalue weighted by Crippen LogP contribution is 2.26. The molecule has 1 nitrogen and oxygen atoms in total. The molecule has 1 aliphatic heterocycles. The third-order valence-electron chi connectivity index (χ3n) is 2.43. The van der Waals surface area contributed by atoms with Crippen molar-refractivity contribution in [1.29, 1.82) is 0 Å². The molecule has 0 aromatic heterocycles. The van der Waals surface area contributed by atoms with Gasteiger partial charge in [0, 0.05) is 0 Å². The van der Waals surface area contributed by atoms with E-state index in [4.69, 9.17) is 4.74 Å². The van der Waals surface area contributed by atoms with Crippen LogP contribution < -0.4 is 0 Å². The highest BCUT2D eigenvalue weighted by molar-refractivity contribution is 4.72. The van der Waals surface area contributed by atoms with E-state index in [-0.39, 0.29) is 7.43 Å². The minimum atomic E-state index is 0. The van der Waals surface area contributed by atoms with E-state index < -0.39 is 0 Å². The van der Waals surface area contributed by atoms with E-state index in [0.29, 0.717) is 12.2 Å². The molecule has 0 amide bonds. The summed E-state index contributed by atoms with van der Waals surface area (Å²) in [5.41, 5.74) is 0. The third kappa shape index (κ3) is 3.57. The van der Waals surface area contributed by atoms with Crippen LogP contribution in [0.2, 0.25) is 0 Å². The summed E-state index contributed by atoms with van der Waals surface area (Å²) in [5.74, 6) is 0.871. The number of hydrogen-bond donors (Lipinski definition) is 0. The average Bonchev–Trinajstić information content (AvgIpc) is 1.85. The van der Waals surface area contributed by atoms with Gasteiger partial charge in [-0.25, -0.2) is 0 Å². The molecule has 0 spiro atoms. The molecule has 0 radical (unpaired) electrons. The average molecular weight is 172 g/mol. The van der Waals surface area contributed by atoms with Gasteiger partial charge in [0.2, 0.25) is 0 Å². The van der Waals surface area contributed by atoms with Gasteiger partial charge >= 0.3 is 0 Å². The van der Waals surface area contributed by atoms with Crippen molar-refractivity contribution in [2.45, 2.75) is 66.1 Å². The molecular weight excluding hydrogens is 148 g/mol. The molecule has 1 rings (SSSR count). The first-order chi connectivity index (χ1) is 5.22. The molecular formula is C11H24O. The van der Waals surface area contributed by atoms with E-state index in [1.165, 1.54) is 25.7 Å².